The lowest BCUT2D eigenvalue weighted by atomic mass is 9.94. The Bertz CT molecular complexity index is 403. The van der Waals surface area contributed by atoms with Crippen LogP contribution < -0.4 is 5.73 Å². The normalized spacial score (nSPS) is 21.5. The first-order valence-corrected chi connectivity index (χ1v) is 5.81. The Balaban J connectivity index is 2.12. The predicted molar refractivity (Wildman–Crippen MR) is 67.6 cm³/mol. The second-order valence-corrected chi connectivity index (χ2v) is 4.40. The van der Waals surface area contributed by atoms with Gasteiger partial charge in [-0.1, -0.05) is 24.3 Å². The standard InChI is InChI=1S/C12H16ClN3/c1-9-4-2-3-5-11(9)10-6-7-16(8-10)12(14)15-13/h2-5,10H,6-8H2,1H3,(H2,14,15). The first-order chi connectivity index (χ1) is 7.72. The van der Waals surface area contributed by atoms with Gasteiger partial charge in [-0.25, -0.2) is 0 Å². The molecule has 2 rings (SSSR count). The van der Waals surface area contributed by atoms with Crippen LogP contribution in [0.5, 0.6) is 0 Å². The van der Waals surface area contributed by atoms with Gasteiger partial charge in [0, 0.05) is 30.8 Å². The number of guanidine groups is 1. The van der Waals surface area contributed by atoms with E-state index in [0.717, 1.165) is 19.5 Å². The molecule has 1 heterocycles. The van der Waals surface area contributed by atoms with Gasteiger partial charge in [-0.3, -0.25) is 0 Å². The SMILES string of the molecule is Cc1ccccc1C1CCN(/C(N)=N\Cl)C1. The number of nitrogens with two attached hydrogens (primary N) is 1. The molecular formula is C12H16ClN3. The molecule has 1 aliphatic rings. The van der Waals surface area contributed by atoms with Gasteiger partial charge in [0.05, 0.1) is 0 Å². The summed E-state index contributed by atoms with van der Waals surface area (Å²) in [6, 6.07) is 8.50. The van der Waals surface area contributed by atoms with Crippen molar-refractivity contribution in [1.29, 1.82) is 0 Å². The largest absolute Gasteiger partial charge is 0.369 e. The molecule has 3 nitrogen and oxygen atoms in total. The molecule has 16 heavy (non-hydrogen) atoms. The summed E-state index contributed by atoms with van der Waals surface area (Å²) in [4.78, 5) is 2.03. The number of rotatable bonds is 1. The van der Waals surface area contributed by atoms with Crippen molar-refractivity contribution in [2.45, 2.75) is 19.3 Å². The van der Waals surface area contributed by atoms with Crippen LogP contribution >= 0.6 is 11.8 Å². The Morgan fingerprint density at radius 1 is 1.50 bits per heavy atom. The molecule has 1 atom stereocenters. The van der Waals surface area contributed by atoms with E-state index in [2.05, 4.69) is 35.7 Å². The molecule has 2 N–H and O–H groups in total. The van der Waals surface area contributed by atoms with Crippen molar-refractivity contribution >= 4 is 17.7 Å². The summed E-state index contributed by atoms with van der Waals surface area (Å²) in [6.07, 6.45) is 1.11. The fourth-order valence-corrected chi connectivity index (χ4v) is 2.43. The van der Waals surface area contributed by atoms with Gasteiger partial charge in [0.25, 0.3) is 0 Å². The summed E-state index contributed by atoms with van der Waals surface area (Å²) in [6.45, 7) is 3.99. The van der Waals surface area contributed by atoms with Crippen molar-refractivity contribution in [3.05, 3.63) is 35.4 Å². The summed E-state index contributed by atoms with van der Waals surface area (Å²) < 4.78 is 3.51. The Hall–Kier alpha value is -1.22. The number of benzene rings is 1. The molecule has 0 aliphatic carbocycles. The lowest BCUT2D eigenvalue weighted by Gasteiger charge is -2.17. The topological polar surface area (TPSA) is 41.6 Å². The molecule has 0 saturated carbocycles. The first-order valence-electron chi connectivity index (χ1n) is 5.47. The first kappa shape index (κ1) is 11.3. The summed E-state index contributed by atoms with van der Waals surface area (Å²) >= 11 is 5.38. The molecule has 1 aromatic carbocycles. The highest BCUT2D eigenvalue weighted by atomic mass is 35.5. The maximum absolute atomic E-state index is 5.70. The molecular weight excluding hydrogens is 222 g/mol. The summed E-state index contributed by atoms with van der Waals surface area (Å²) in [7, 11) is 0. The van der Waals surface area contributed by atoms with Crippen molar-refractivity contribution in [2.75, 3.05) is 13.1 Å². The molecule has 4 heteroatoms. The molecule has 0 radical (unpaired) electrons. The van der Waals surface area contributed by atoms with Gasteiger partial charge < -0.3 is 10.6 Å². The van der Waals surface area contributed by atoms with Crippen LogP contribution in [0.2, 0.25) is 0 Å². The maximum atomic E-state index is 5.70. The number of halogens is 1. The zero-order chi connectivity index (χ0) is 11.5. The summed E-state index contributed by atoms with van der Waals surface area (Å²) in [5, 5.41) is 0. The lowest BCUT2D eigenvalue weighted by Crippen LogP contribution is -2.34. The molecule has 1 aromatic rings. The average Bonchev–Trinajstić information content (AvgIpc) is 2.78. The van der Waals surface area contributed by atoms with Crippen molar-refractivity contribution < 1.29 is 0 Å². The van der Waals surface area contributed by atoms with Crippen LogP contribution in [-0.4, -0.2) is 23.9 Å². The highest BCUT2D eigenvalue weighted by molar-refractivity contribution is 6.19. The number of aryl methyl sites for hydroxylation is 1. The Morgan fingerprint density at radius 2 is 2.25 bits per heavy atom. The van der Waals surface area contributed by atoms with Gasteiger partial charge >= 0.3 is 0 Å². The van der Waals surface area contributed by atoms with E-state index in [4.69, 9.17) is 17.5 Å². The van der Waals surface area contributed by atoms with Gasteiger partial charge in [-0.05, 0) is 24.5 Å². The number of hydrogen-bond donors (Lipinski definition) is 1. The lowest BCUT2D eigenvalue weighted by molar-refractivity contribution is 0.505. The van der Waals surface area contributed by atoms with E-state index in [-0.39, 0.29) is 0 Å². The van der Waals surface area contributed by atoms with Crippen molar-refractivity contribution in [3.8, 4) is 0 Å². The fraction of sp³-hybridized carbons (Fsp3) is 0.417. The van der Waals surface area contributed by atoms with Gasteiger partial charge in [-0.15, -0.1) is 4.51 Å². The second-order valence-electron chi connectivity index (χ2n) is 4.23. The highest BCUT2D eigenvalue weighted by Crippen LogP contribution is 2.28. The van der Waals surface area contributed by atoms with Gasteiger partial charge in [0.2, 0.25) is 5.96 Å². The summed E-state index contributed by atoms with van der Waals surface area (Å²) in [5.41, 5.74) is 8.45. The van der Waals surface area contributed by atoms with E-state index < -0.39 is 0 Å². The van der Waals surface area contributed by atoms with E-state index in [1.54, 1.807) is 0 Å². The molecule has 1 aliphatic heterocycles. The molecule has 1 saturated heterocycles. The molecule has 0 bridgehead atoms. The van der Waals surface area contributed by atoms with Crippen LogP contribution in [0.15, 0.2) is 28.8 Å². The minimum absolute atomic E-state index is 0.428. The minimum Gasteiger partial charge on any atom is -0.369 e. The third-order valence-corrected chi connectivity index (χ3v) is 3.40. The molecule has 0 aromatic heterocycles. The van der Waals surface area contributed by atoms with Gasteiger partial charge in [0.15, 0.2) is 0 Å². The molecule has 1 fully saturated rings. The van der Waals surface area contributed by atoms with Gasteiger partial charge in [-0.2, -0.15) is 0 Å². The van der Waals surface area contributed by atoms with E-state index >= 15 is 0 Å². The third-order valence-electron chi connectivity index (χ3n) is 3.23. The van der Waals surface area contributed by atoms with Crippen LogP contribution in [0.3, 0.4) is 0 Å². The zero-order valence-electron chi connectivity index (χ0n) is 9.36. The Kier molecular flexibility index (Phi) is 3.34. The van der Waals surface area contributed by atoms with Crippen LogP contribution in [0, 0.1) is 6.92 Å². The zero-order valence-corrected chi connectivity index (χ0v) is 10.1. The van der Waals surface area contributed by atoms with E-state index in [9.17, 15) is 0 Å². The van der Waals surface area contributed by atoms with E-state index in [1.165, 1.54) is 11.1 Å². The van der Waals surface area contributed by atoms with Crippen molar-refractivity contribution in [3.63, 3.8) is 0 Å². The van der Waals surface area contributed by atoms with Crippen LogP contribution in [-0.2, 0) is 0 Å². The van der Waals surface area contributed by atoms with Crippen LogP contribution in [0.1, 0.15) is 23.5 Å². The molecule has 0 spiro atoms. The maximum Gasteiger partial charge on any atom is 0.209 e. The monoisotopic (exact) mass is 237 g/mol. The number of hydrogen-bond acceptors (Lipinski definition) is 1. The Morgan fingerprint density at radius 3 is 2.94 bits per heavy atom. The van der Waals surface area contributed by atoms with Crippen LogP contribution in [0.4, 0.5) is 0 Å². The third kappa shape index (κ3) is 2.14. The smallest absolute Gasteiger partial charge is 0.209 e. The molecule has 0 amide bonds. The van der Waals surface area contributed by atoms with Crippen LogP contribution in [0.25, 0.3) is 0 Å². The quantitative estimate of drug-likeness (QED) is 0.601. The van der Waals surface area contributed by atoms with E-state index in [0.29, 0.717) is 11.9 Å². The fourth-order valence-electron chi connectivity index (χ4n) is 2.32. The minimum atomic E-state index is 0.428. The van der Waals surface area contributed by atoms with Gasteiger partial charge in [0.1, 0.15) is 0 Å². The Labute approximate surface area is 101 Å². The predicted octanol–water partition coefficient (Wildman–Crippen LogP) is 2.25. The van der Waals surface area contributed by atoms with Crippen molar-refractivity contribution in [1.82, 2.24) is 4.90 Å². The summed E-state index contributed by atoms with van der Waals surface area (Å²) in [5.74, 6) is 0.968. The van der Waals surface area contributed by atoms with E-state index in [1.807, 2.05) is 4.90 Å². The highest BCUT2D eigenvalue weighted by Gasteiger charge is 2.25. The second kappa shape index (κ2) is 4.74. The average molecular weight is 238 g/mol. The number of likely N-dealkylation sites (tertiary alicyclic amines) is 1. The number of nitrogens with zero attached hydrogens (tertiary/aromatic N) is 2. The van der Waals surface area contributed by atoms with Crippen molar-refractivity contribution in [2.24, 2.45) is 10.2 Å². The molecule has 1 unspecified atom stereocenters. The molecule has 86 valence electrons.